The minimum absolute atomic E-state index is 0.00414. The summed E-state index contributed by atoms with van der Waals surface area (Å²) in [5.41, 5.74) is 2.47. The SMILES string of the molecule is Cc1nc(SCC(=O)c2ccc3c(c2)NC(=O)CO3)c2c3c(sc2n1)CCCC3. The maximum absolute atomic E-state index is 12.8. The Morgan fingerprint density at radius 1 is 1.28 bits per heavy atom. The number of rotatable bonds is 4. The zero-order valence-corrected chi connectivity index (χ0v) is 17.5. The quantitative estimate of drug-likeness (QED) is 0.384. The van der Waals surface area contributed by atoms with Crippen LogP contribution in [0.15, 0.2) is 23.2 Å². The molecule has 1 aliphatic heterocycles. The molecule has 148 valence electrons. The Hall–Kier alpha value is -2.45. The number of thiophene rings is 1. The minimum atomic E-state index is -0.211. The molecule has 3 heterocycles. The Morgan fingerprint density at radius 2 is 2.14 bits per heavy atom. The molecule has 0 unspecified atom stereocenters. The number of nitrogens with one attached hydrogen (secondary N) is 1. The molecule has 1 aromatic carbocycles. The van der Waals surface area contributed by atoms with Gasteiger partial charge in [0, 0.05) is 15.8 Å². The summed E-state index contributed by atoms with van der Waals surface area (Å²) in [6.07, 6.45) is 4.60. The highest BCUT2D eigenvalue weighted by Crippen LogP contribution is 2.40. The van der Waals surface area contributed by atoms with Crippen LogP contribution < -0.4 is 10.1 Å². The van der Waals surface area contributed by atoms with Crippen LogP contribution in [0.5, 0.6) is 5.75 Å². The van der Waals surface area contributed by atoms with Gasteiger partial charge in [0.05, 0.1) is 11.4 Å². The van der Waals surface area contributed by atoms with Gasteiger partial charge in [-0.05, 0) is 56.4 Å². The molecule has 29 heavy (non-hydrogen) atoms. The molecule has 0 saturated carbocycles. The number of ketones is 1. The first-order valence-electron chi connectivity index (χ1n) is 9.60. The van der Waals surface area contributed by atoms with Gasteiger partial charge in [0.1, 0.15) is 21.4 Å². The normalized spacial score (nSPS) is 15.4. The Bertz CT molecular complexity index is 1160. The second kappa shape index (κ2) is 7.42. The molecular formula is C21H19N3O3S2. The maximum atomic E-state index is 12.8. The molecule has 2 aliphatic rings. The fourth-order valence-corrected chi connectivity index (χ4v) is 6.17. The Kier molecular flexibility index (Phi) is 4.75. The maximum Gasteiger partial charge on any atom is 0.262 e. The van der Waals surface area contributed by atoms with Crippen LogP contribution in [0, 0.1) is 6.92 Å². The second-order valence-electron chi connectivity index (χ2n) is 7.23. The van der Waals surface area contributed by atoms with Crippen molar-refractivity contribution in [3.05, 3.63) is 40.0 Å². The first-order valence-corrected chi connectivity index (χ1v) is 11.4. The van der Waals surface area contributed by atoms with Crippen molar-refractivity contribution in [1.82, 2.24) is 9.97 Å². The Balaban J connectivity index is 1.41. The van der Waals surface area contributed by atoms with Crippen molar-refractivity contribution in [2.75, 3.05) is 17.7 Å². The van der Waals surface area contributed by atoms with Crippen LogP contribution in [0.4, 0.5) is 5.69 Å². The number of hydrogen-bond donors (Lipinski definition) is 1. The van der Waals surface area contributed by atoms with E-state index in [2.05, 4.69) is 15.3 Å². The average molecular weight is 426 g/mol. The molecule has 0 atom stereocenters. The number of aromatic nitrogens is 2. The summed E-state index contributed by atoms with van der Waals surface area (Å²) >= 11 is 3.24. The summed E-state index contributed by atoms with van der Waals surface area (Å²) in [5, 5.41) is 4.79. The van der Waals surface area contributed by atoms with E-state index in [1.165, 1.54) is 35.0 Å². The van der Waals surface area contributed by atoms with E-state index in [1.807, 2.05) is 6.92 Å². The van der Waals surface area contributed by atoms with Crippen molar-refractivity contribution in [2.45, 2.75) is 37.6 Å². The third-order valence-electron chi connectivity index (χ3n) is 5.17. The number of Topliss-reactive ketones (excluding diaryl/α,β-unsaturated/α-hetero) is 1. The number of amides is 1. The lowest BCUT2D eigenvalue weighted by Gasteiger charge is -2.18. The number of ether oxygens (including phenoxy) is 1. The van der Waals surface area contributed by atoms with Gasteiger partial charge in [-0.25, -0.2) is 9.97 Å². The van der Waals surface area contributed by atoms with E-state index >= 15 is 0 Å². The van der Waals surface area contributed by atoms with E-state index in [4.69, 9.17) is 4.74 Å². The molecule has 1 amide bonds. The third kappa shape index (κ3) is 3.51. The monoisotopic (exact) mass is 425 g/mol. The van der Waals surface area contributed by atoms with Gasteiger partial charge in [-0.1, -0.05) is 11.8 Å². The van der Waals surface area contributed by atoms with Crippen molar-refractivity contribution in [1.29, 1.82) is 0 Å². The lowest BCUT2D eigenvalue weighted by atomic mass is 9.97. The topological polar surface area (TPSA) is 81.2 Å². The standard InChI is InChI=1S/C21H19N3O3S2/c1-11-22-20(19-13-4-2-3-5-17(13)29-21(19)23-11)28-10-15(25)12-6-7-16-14(8-12)24-18(26)9-27-16/h6-8H,2-5,9-10H2,1H3,(H,24,26). The van der Waals surface area contributed by atoms with Crippen molar-refractivity contribution in [3.63, 3.8) is 0 Å². The smallest absolute Gasteiger partial charge is 0.262 e. The zero-order chi connectivity index (χ0) is 20.0. The van der Waals surface area contributed by atoms with Crippen molar-refractivity contribution >= 4 is 50.7 Å². The minimum Gasteiger partial charge on any atom is -0.482 e. The summed E-state index contributed by atoms with van der Waals surface area (Å²) in [6, 6.07) is 5.16. The highest BCUT2D eigenvalue weighted by Gasteiger charge is 2.22. The number of hydrogen-bond acceptors (Lipinski definition) is 7. The number of anilines is 1. The number of aryl methyl sites for hydroxylation is 3. The van der Waals surface area contributed by atoms with Crippen LogP contribution >= 0.6 is 23.1 Å². The molecule has 6 nitrogen and oxygen atoms in total. The fourth-order valence-electron chi connectivity index (χ4n) is 3.80. The van der Waals surface area contributed by atoms with E-state index in [0.717, 1.165) is 33.9 Å². The van der Waals surface area contributed by atoms with Gasteiger partial charge in [0.2, 0.25) is 0 Å². The fraction of sp³-hybridized carbons (Fsp3) is 0.333. The van der Waals surface area contributed by atoms with E-state index in [9.17, 15) is 9.59 Å². The Labute approximate surface area is 176 Å². The third-order valence-corrected chi connectivity index (χ3v) is 7.33. The van der Waals surface area contributed by atoms with Gasteiger partial charge in [0.25, 0.3) is 5.91 Å². The van der Waals surface area contributed by atoms with Gasteiger partial charge in [0.15, 0.2) is 12.4 Å². The van der Waals surface area contributed by atoms with Crippen LogP contribution in [-0.4, -0.2) is 34.0 Å². The highest BCUT2D eigenvalue weighted by atomic mass is 32.2. The molecule has 0 spiro atoms. The molecular weight excluding hydrogens is 406 g/mol. The van der Waals surface area contributed by atoms with Crippen LogP contribution in [0.1, 0.15) is 39.5 Å². The molecule has 5 rings (SSSR count). The van der Waals surface area contributed by atoms with E-state index in [0.29, 0.717) is 17.0 Å². The number of carbonyl (C=O) groups is 2. The van der Waals surface area contributed by atoms with Gasteiger partial charge in [-0.15, -0.1) is 11.3 Å². The summed E-state index contributed by atoms with van der Waals surface area (Å²) in [5.74, 6) is 1.39. The van der Waals surface area contributed by atoms with Crippen molar-refractivity contribution in [3.8, 4) is 5.75 Å². The summed E-state index contributed by atoms with van der Waals surface area (Å²) in [7, 11) is 0. The van der Waals surface area contributed by atoms with Crippen molar-refractivity contribution in [2.24, 2.45) is 0 Å². The first-order chi connectivity index (χ1) is 14.1. The van der Waals surface area contributed by atoms with Gasteiger partial charge < -0.3 is 10.1 Å². The first kappa shape index (κ1) is 18.6. The van der Waals surface area contributed by atoms with Gasteiger partial charge >= 0.3 is 0 Å². The Morgan fingerprint density at radius 3 is 3.03 bits per heavy atom. The van der Waals surface area contributed by atoms with E-state index < -0.39 is 0 Å². The predicted molar refractivity (Wildman–Crippen MR) is 114 cm³/mol. The van der Waals surface area contributed by atoms with Gasteiger partial charge in [-0.2, -0.15) is 0 Å². The molecule has 8 heteroatoms. The molecule has 2 aromatic heterocycles. The number of thioether (sulfide) groups is 1. The lowest BCUT2D eigenvalue weighted by molar-refractivity contribution is -0.118. The van der Waals surface area contributed by atoms with Crippen LogP contribution in [0.3, 0.4) is 0 Å². The van der Waals surface area contributed by atoms with Gasteiger partial charge in [-0.3, -0.25) is 9.59 Å². The molecule has 0 radical (unpaired) electrons. The number of fused-ring (bicyclic) bond motifs is 4. The van der Waals surface area contributed by atoms with E-state index in [1.54, 1.807) is 29.5 Å². The summed E-state index contributed by atoms with van der Waals surface area (Å²) < 4.78 is 5.36. The lowest BCUT2D eigenvalue weighted by Crippen LogP contribution is -2.25. The predicted octanol–water partition coefficient (Wildman–Crippen LogP) is 4.18. The van der Waals surface area contributed by atoms with Crippen molar-refractivity contribution < 1.29 is 14.3 Å². The molecule has 0 saturated heterocycles. The number of benzene rings is 1. The zero-order valence-electron chi connectivity index (χ0n) is 15.9. The van der Waals surface area contributed by atoms with E-state index in [-0.39, 0.29) is 24.1 Å². The molecule has 0 fully saturated rings. The molecule has 3 aromatic rings. The molecule has 0 bridgehead atoms. The summed E-state index contributed by atoms with van der Waals surface area (Å²) in [4.78, 5) is 36.1. The average Bonchev–Trinajstić information content (AvgIpc) is 3.09. The largest absolute Gasteiger partial charge is 0.482 e. The summed E-state index contributed by atoms with van der Waals surface area (Å²) in [6.45, 7) is 1.90. The van der Waals surface area contributed by atoms with Crippen LogP contribution in [0.2, 0.25) is 0 Å². The second-order valence-corrected chi connectivity index (χ2v) is 9.27. The van der Waals surface area contributed by atoms with Crippen LogP contribution in [0.25, 0.3) is 10.2 Å². The molecule has 1 N–H and O–H groups in total. The number of nitrogens with zero attached hydrogens (tertiary/aromatic N) is 2. The number of carbonyl (C=O) groups excluding carboxylic acids is 2. The highest BCUT2D eigenvalue weighted by molar-refractivity contribution is 8.00. The molecule has 1 aliphatic carbocycles. The van der Waals surface area contributed by atoms with Crippen LogP contribution in [-0.2, 0) is 17.6 Å².